The van der Waals surface area contributed by atoms with Crippen LogP contribution in [0, 0.1) is 13.8 Å². The highest BCUT2D eigenvalue weighted by atomic mass is 16.3. The number of rotatable bonds is 2. The van der Waals surface area contributed by atoms with Gasteiger partial charge in [-0.3, -0.25) is 4.79 Å². The minimum Gasteiger partial charge on any atom is -0.388 e. The normalized spacial score (nSPS) is 10.1. The lowest BCUT2D eigenvalue weighted by molar-refractivity contribution is 0.0898. The van der Waals surface area contributed by atoms with Crippen molar-refractivity contribution in [2.75, 3.05) is 6.61 Å². The monoisotopic (exact) mass is 153 g/mol. The van der Waals surface area contributed by atoms with E-state index in [9.17, 15) is 4.79 Å². The molecule has 1 heterocycles. The van der Waals surface area contributed by atoms with Crippen molar-refractivity contribution in [3.63, 3.8) is 0 Å². The first-order valence-corrected chi connectivity index (χ1v) is 3.45. The summed E-state index contributed by atoms with van der Waals surface area (Å²) in [7, 11) is 0. The minimum absolute atomic E-state index is 0.254. The molecule has 0 radical (unpaired) electrons. The highest BCUT2D eigenvalue weighted by molar-refractivity contribution is 5.96. The SMILES string of the molecule is Cc1cc(C)c(C(=O)CO)[nH]1. The molecular formula is C8H11NO2. The number of nitrogens with one attached hydrogen (secondary N) is 1. The van der Waals surface area contributed by atoms with Gasteiger partial charge >= 0.3 is 0 Å². The molecule has 1 rings (SSSR count). The lowest BCUT2D eigenvalue weighted by Gasteiger charge is -1.93. The number of aromatic amines is 1. The molecule has 0 fully saturated rings. The number of aliphatic hydroxyl groups excluding tert-OH is 1. The minimum atomic E-state index is -0.430. The molecular weight excluding hydrogens is 142 g/mol. The second-order valence-corrected chi connectivity index (χ2v) is 2.59. The van der Waals surface area contributed by atoms with Crippen molar-refractivity contribution < 1.29 is 9.90 Å². The second kappa shape index (κ2) is 2.88. The number of H-pyrrole nitrogens is 1. The van der Waals surface area contributed by atoms with Crippen LogP contribution < -0.4 is 0 Å². The van der Waals surface area contributed by atoms with E-state index in [-0.39, 0.29) is 5.78 Å². The molecule has 60 valence electrons. The molecule has 0 aromatic carbocycles. The molecule has 0 aliphatic heterocycles. The number of aliphatic hydroxyl groups is 1. The quantitative estimate of drug-likeness (QED) is 0.617. The van der Waals surface area contributed by atoms with E-state index in [0.29, 0.717) is 5.69 Å². The molecule has 0 aliphatic carbocycles. The number of aryl methyl sites for hydroxylation is 2. The molecule has 1 aromatic heterocycles. The summed E-state index contributed by atoms with van der Waals surface area (Å²) in [6.07, 6.45) is 0. The fourth-order valence-corrected chi connectivity index (χ4v) is 1.10. The van der Waals surface area contributed by atoms with Crippen molar-refractivity contribution in [3.8, 4) is 0 Å². The summed E-state index contributed by atoms with van der Waals surface area (Å²) in [6.45, 7) is 3.29. The second-order valence-electron chi connectivity index (χ2n) is 2.59. The van der Waals surface area contributed by atoms with E-state index in [4.69, 9.17) is 5.11 Å². The van der Waals surface area contributed by atoms with E-state index in [0.717, 1.165) is 11.3 Å². The molecule has 0 unspecified atom stereocenters. The number of carbonyl (C=O) groups is 1. The van der Waals surface area contributed by atoms with Crippen LogP contribution in [0.4, 0.5) is 0 Å². The molecule has 11 heavy (non-hydrogen) atoms. The molecule has 0 saturated carbocycles. The Morgan fingerprint density at radius 3 is 2.64 bits per heavy atom. The van der Waals surface area contributed by atoms with Gasteiger partial charge in [-0.2, -0.15) is 0 Å². The van der Waals surface area contributed by atoms with Gasteiger partial charge < -0.3 is 10.1 Å². The maximum Gasteiger partial charge on any atom is 0.204 e. The van der Waals surface area contributed by atoms with Crippen molar-refractivity contribution in [3.05, 3.63) is 23.0 Å². The van der Waals surface area contributed by atoms with Crippen LogP contribution in [-0.2, 0) is 0 Å². The first-order valence-electron chi connectivity index (χ1n) is 3.45. The average Bonchev–Trinajstić information content (AvgIpc) is 2.28. The zero-order valence-electron chi connectivity index (χ0n) is 6.64. The maximum absolute atomic E-state index is 11.0. The molecule has 0 aliphatic rings. The number of Topliss-reactive ketones (excluding diaryl/α,β-unsaturated/α-hetero) is 1. The van der Waals surface area contributed by atoms with Gasteiger partial charge in [-0.1, -0.05) is 0 Å². The summed E-state index contributed by atoms with van der Waals surface area (Å²) in [4.78, 5) is 13.9. The predicted molar refractivity (Wildman–Crippen MR) is 41.7 cm³/mol. The highest BCUT2D eigenvalue weighted by Crippen LogP contribution is 2.08. The molecule has 3 heteroatoms. The average molecular weight is 153 g/mol. The van der Waals surface area contributed by atoms with E-state index in [1.54, 1.807) is 0 Å². The Morgan fingerprint density at radius 1 is 1.64 bits per heavy atom. The lowest BCUT2D eigenvalue weighted by Crippen LogP contribution is -2.06. The maximum atomic E-state index is 11.0. The Labute approximate surface area is 65.1 Å². The molecule has 2 N–H and O–H groups in total. The zero-order valence-corrected chi connectivity index (χ0v) is 6.64. The number of hydrogen-bond acceptors (Lipinski definition) is 2. The summed E-state index contributed by atoms with van der Waals surface area (Å²) in [5.74, 6) is -0.254. The van der Waals surface area contributed by atoms with Crippen LogP contribution in [0.15, 0.2) is 6.07 Å². The Kier molecular flexibility index (Phi) is 2.10. The summed E-state index contributed by atoms with van der Waals surface area (Å²) >= 11 is 0. The van der Waals surface area contributed by atoms with Gasteiger partial charge in [0.1, 0.15) is 6.61 Å². The van der Waals surface area contributed by atoms with Crippen molar-refractivity contribution in [1.29, 1.82) is 0 Å². The third kappa shape index (κ3) is 1.49. The number of hydrogen-bond donors (Lipinski definition) is 2. The van der Waals surface area contributed by atoms with Gasteiger partial charge in [0.05, 0.1) is 5.69 Å². The first kappa shape index (κ1) is 8.01. The van der Waals surface area contributed by atoms with Crippen molar-refractivity contribution in [2.24, 2.45) is 0 Å². The van der Waals surface area contributed by atoms with Gasteiger partial charge in [-0.05, 0) is 25.5 Å². The van der Waals surface area contributed by atoms with Crippen molar-refractivity contribution in [2.45, 2.75) is 13.8 Å². The van der Waals surface area contributed by atoms with Crippen LogP contribution in [0.1, 0.15) is 21.7 Å². The summed E-state index contributed by atoms with van der Waals surface area (Å²) in [5.41, 5.74) is 2.35. The molecule has 0 bridgehead atoms. The van der Waals surface area contributed by atoms with Crippen LogP contribution in [0.25, 0.3) is 0 Å². The Balaban J connectivity index is 3.03. The molecule has 0 atom stereocenters. The van der Waals surface area contributed by atoms with Crippen LogP contribution in [0.5, 0.6) is 0 Å². The third-order valence-corrected chi connectivity index (χ3v) is 1.57. The van der Waals surface area contributed by atoms with Gasteiger partial charge in [0.25, 0.3) is 0 Å². The fourth-order valence-electron chi connectivity index (χ4n) is 1.10. The van der Waals surface area contributed by atoms with E-state index in [2.05, 4.69) is 4.98 Å². The first-order chi connectivity index (χ1) is 5.15. The van der Waals surface area contributed by atoms with Gasteiger partial charge in [-0.15, -0.1) is 0 Å². The smallest absolute Gasteiger partial charge is 0.204 e. The number of ketones is 1. The number of aromatic nitrogens is 1. The number of carbonyl (C=O) groups excluding carboxylic acids is 1. The van der Waals surface area contributed by atoms with Gasteiger partial charge in [0.2, 0.25) is 5.78 Å². The Bertz CT molecular complexity index is 276. The van der Waals surface area contributed by atoms with E-state index in [1.807, 2.05) is 19.9 Å². The van der Waals surface area contributed by atoms with Crippen molar-refractivity contribution in [1.82, 2.24) is 4.98 Å². The molecule has 3 nitrogen and oxygen atoms in total. The summed E-state index contributed by atoms with van der Waals surface area (Å²) < 4.78 is 0. The topological polar surface area (TPSA) is 53.1 Å². The zero-order chi connectivity index (χ0) is 8.43. The van der Waals surface area contributed by atoms with Gasteiger partial charge in [0, 0.05) is 5.69 Å². The van der Waals surface area contributed by atoms with E-state index in [1.165, 1.54) is 0 Å². The molecule has 0 amide bonds. The van der Waals surface area contributed by atoms with Crippen molar-refractivity contribution >= 4 is 5.78 Å². The highest BCUT2D eigenvalue weighted by Gasteiger charge is 2.09. The van der Waals surface area contributed by atoms with Crippen LogP contribution in [-0.4, -0.2) is 22.5 Å². The third-order valence-electron chi connectivity index (χ3n) is 1.57. The van der Waals surface area contributed by atoms with Crippen LogP contribution in [0.2, 0.25) is 0 Å². The Hall–Kier alpha value is -1.09. The Morgan fingerprint density at radius 2 is 2.27 bits per heavy atom. The molecule has 1 aromatic rings. The fraction of sp³-hybridized carbons (Fsp3) is 0.375. The largest absolute Gasteiger partial charge is 0.388 e. The summed E-state index contributed by atoms with van der Waals surface area (Å²) in [6, 6.07) is 1.88. The van der Waals surface area contributed by atoms with Gasteiger partial charge in [0.15, 0.2) is 0 Å². The predicted octanol–water partition coefficient (Wildman–Crippen LogP) is 0.807. The van der Waals surface area contributed by atoms with Crippen LogP contribution >= 0.6 is 0 Å². The van der Waals surface area contributed by atoms with E-state index >= 15 is 0 Å². The van der Waals surface area contributed by atoms with E-state index < -0.39 is 6.61 Å². The lowest BCUT2D eigenvalue weighted by atomic mass is 10.2. The molecule has 0 saturated heterocycles. The summed E-state index contributed by atoms with van der Waals surface area (Å²) in [5, 5.41) is 8.55. The standard InChI is InChI=1S/C8H11NO2/c1-5-3-6(2)9-8(5)7(11)4-10/h3,9-10H,4H2,1-2H3. The molecule has 0 spiro atoms. The van der Waals surface area contributed by atoms with Crippen LogP contribution in [0.3, 0.4) is 0 Å². The van der Waals surface area contributed by atoms with Gasteiger partial charge in [-0.25, -0.2) is 0 Å².